The van der Waals surface area contributed by atoms with Gasteiger partial charge in [-0.05, 0) is 13.0 Å². The Hall–Kier alpha value is -0.690. The van der Waals surface area contributed by atoms with Crippen molar-refractivity contribution >= 4 is 35.8 Å². The fourth-order valence-corrected chi connectivity index (χ4v) is 3.74. The molecular weight excluding hydrogens is 451 g/mol. The summed E-state index contributed by atoms with van der Waals surface area (Å²) in [6, 6.07) is 6.90. The number of phosphoric ester groups is 1. The summed E-state index contributed by atoms with van der Waals surface area (Å²) in [5.41, 5.74) is 1.35. The Kier molecular flexibility index (Phi) is 8.77. The van der Waals surface area contributed by atoms with Gasteiger partial charge in [0.05, 0.1) is 18.9 Å². The Morgan fingerprint density at radius 2 is 2.00 bits per heavy atom. The number of phosphoric acid groups is 1. The Morgan fingerprint density at radius 1 is 1.27 bits per heavy atom. The number of aryl methyl sites for hydroxylation is 1. The van der Waals surface area contributed by atoms with Crippen molar-refractivity contribution in [2.45, 2.75) is 13.7 Å². The van der Waals surface area contributed by atoms with Crippen LogP contribution in [0.2, 0.25) is 0 Å². The third-order valence-corrected chi connectivity index (χ3v) is 5.19. The molecule has 4 rings (SSSR count). The maximum atomic E-state index is 13.0. The first-order chi connectivity index (χ1) is 13.3. The number of thiazole rings is 1. The Labute approximate surface area is 218 Å². The number of para-hydroxylation sites is 1. The minimum atomic E-state index is -5.14. The zero-order chi connectivity index (χ0) is 19.9. The number of nitrogens with zero attached hydrogens (tertiary/aromatic N) is 4. The fraction of sp³-hybridized carbons (Fsp3) is 0.125. The number of aromatic amines is 1. The van der Waals surface area contributed by atoms with E-state index in [1.54, 1.807) is 36.6 Å². The molecule has 0 unspecified atom stereocenters. The molecule has 0 aliphatic carbocycles. The van der Waals surface area contributed by atoms with Gasteiger partial charge in [0.15, 0.2) is 5.01 Å². The maximum Gasteiger partial charge on any atom is 1.00 e. The van der Waals surface area contributed by atoms with Crippen molar-refractivity contribution in [3.8, 4) is 11.5 Å². The number of H-pyrrole nitrogens is 1. The van der Waals surface area contributed by atoms with Crippen LogP contribution in [0.15, 0.2) is 35.8 Å². The second kappa shape index (κ2) is 10.3. The molecule has 0 spiro atoms. The second-order valence-corrected chi connectivity index (χ2v) is 7.86. The quantitative estimate of drug-likeness (QED) is 0.170. The van der Waals surface area contributed by atoms with Crippen molar-refractivity contribution in [3.05, 3.63) is 52.2 Å². The minimum absolute atomic E-state index is 0. The predicted octanol–water partition coefficient (Wildman–Crippen LogP) is -4.77. The molecule has 3 heterocycles. The summed E-state index contributed by atoms with van der Waals surface area (Å²) in [6.07, 6.45) is 1.45. The molecule has 144 valence electrons. The zero-order valence-corrected chi connectivity index (χ0v) is 22.1. The van der Waals surface area contributed by atoms with E-state index >= 15 is 0 Å². The van der Waals surface area contributed by atoms with Gasteiger partial charge in [-0.1, -0.05) is 18.2 Å². The molecule has 0 fully saturated rings. The molecule has 0 saturated carbocycles. The molecular formula is C16H12N5Na2O5PS. The minimum Gasteiger partial charge on any atom is -0.790 e. The van der Waals surface area contributed by atoms with E-state index in [2.05, 4.69) is 24.7 Å². The standard InChI is InChI=1S/C16H14N5O5PS.2Na/c1-9-17-15(20-19-9)12-7-28-16(18-12)14(22)11-6-21(8-26-27(23,24)25)13-5-3-2-4-10(11)13;;/h2-7H,8H2,1H3,(H,17,19,20)(H2,23,24,25);;/q;2*+1/p-2. The average Bonchev–Trinajstić information content (AvgIpc) is 3.37. The van der Waals surface area contributed by atoms with E-state index in [-0.39, 0.29) is 69.9 Å². The predicted molar refractivity (Wildman–Crippen MR) is 96.3 cm³/mol. The SMILES string of the molecule is Cc1nc(-c2csc(C(=O)c3cn(COP(=O)([O-])[O-])c4ccccc34)n2)n[nH]1.[Na+].[Na+]. The van der Waals surface area contributed by atoms with Crippen LogP contribution in [-0.4, -0.2) is 30.5 Å². The van der Waals surface area contributed by atoms with Crippen molar-refractivity contribution in [2.75, 3.05) is 0 Å². The number of carbonyl (C=O) groups is 1. The summed E-state index contributed by atoms with van der Waals surface area (Å²) in [4.78, 5) is 43.1. The van der Waals surface area contributed by atoms with Crippen LogP contribution < -0.4 is 68.9 Å². The van der Waals surface area contributed by atoms with Gasteiger partial charge in [-0.3, -0.25) is 9.89 Å². The summed E-state index contributed by atoms with van der Waals surface area (Å²) >= 11 is 1.15. The van der Waals surface area contributed by atoms with Gasteiger partial charge in [-0.15, -0.1) is 11.3 Å². The molecule has 3 aromatic heterocycles. The first kappa shape index (κ1) is 25.6. The van der Waals surface area contributed by atoms with Crippen LogP contribution >= 0.6 is 19.2 Å². The van der Waals surface area contributed by atoms with Gasteiger partial charge in [0.25, 0.3) is 0 Å². The monoisotopic (exact) mass is 463 g/mol. The number of hydrogen-bond acceptors (Lipinski definition) is 9. The number of hydrogen-bond donors (Lipinski definition) is 1. The van der Waals surface area contributed by atoms with Crippen LogP contribution in [0.4, 0.5) is 0 Å². The van der Waals surface area contributed by atoms with Crippen molar-refractivity contribution in [3.63, 3.8) is 0 Å². The van der Waals surface area contributed by atoms with E-state index < -0.39 is 14.6 Å². The van der Waals surface area contributed by atoms with Gasteiger partial charge in [0, 0.05) is 17.0 Å². The summed E-state index contributed by atoms with van der Waals surface area (Å²) in [5.74, 6) is 0.684. The van der Waals surface area contributed by atoms with Crippen LogP contribution in [0.1, 0.15) is 21.2 Å². The van der Waals surface area contributed by atoms with Crippen LogP contribution in [0.3, 0.4) is 0 Å². The van der Waals surface area contributed by atoms with Crippen molar-refractivity contribution < 1.29 is 82.8 Å². The number of ketones is 1. The molecule has 0 aliphatic rings. The number of rotatable bonds is 6. The average molecular weight is 463 g/mol. The van der Waals surface area contributed by atoms with Gasteiger partial charge in [-0.2, -0.15) is 5.10 Å². The number of aromatic nitrogens is 5. The number of benzene rings is 1. The fourth-order valence-electron chi connectivity index (χ4n) is 2.72. The van der Waals surface area contributed by atoms with Gasteiger partial charge in [0.1, 0.15) is 18.2 Å². The van der Waals surface area contributed by atoms with E-state index in [9.17, 15) is 19.1 Å². The molecule has 4 aromatic rings. The van der Waals surface area contributed by atoms with Crippen molar-refractivity contribution in [2.24, 2.45) is 0 Å². The number of fused-ring (bicyclic) bond motifs is 1. The summed E-state index contributed by atoms with van der Waals surface area (Å²) in [5, 5.41) is 9.25. The van der Waals surface area contributed by atoms with Gasteiger partial charge in [0.2, 0.25) is 11.6 Å². The van der Waals surface area contributed by atoms with E-state index in [1.165, 1.54) is 10.8 Å². The molecule has 0 amide bonds. The molecule has 0 atom stereocenters. The second-order valence-electron chi connectivity index (χ2n) is 5.85. The third-order valence-electron chi connectivity index (χ3n) is 3.91. The zero-order valence-electron chi connectivity index (χ0n) is 16.4. The Morgan fingerprint density at radius 3 is 2.67 bits per heavy atom. The molecule has 0 saturated heterocycles. The van der Waals surface area contributed by atoms with Crippen molar-refractivity contribution in [1.82, 2.24) is 24.7 Å². The molecule has 1 aromatic carbocycles. The van der Waals surface area contributed by atoms with Crippen LogP contribution in [0.5, 0.6) is 0 Å². The summed E-state index contributed by atoms with van der Waals surface area (Å²) in [7, 11) is -5.14. The number of carbonyl (C=O) groups excluding carboxylic acids is 1. The largest absolute Gasteiger partial charge is 1.00 e. The topological polar surface area (TPSA) is 149 Å². The number of nitrogens with one attached hydrogen (secondary N) is 1. The van der Waals surface area contributed by atoms with Crippen LogP contribution in [0, 0.1) is 6.92 Å². The third kappa shape index (κ3) is 5.56. The maximum absolute atomic E-state index is 13.0. The van der Waals surface area contributed by atoms with E-state index in [0.29, 0.717) is 33.8 Å². The van der Waals surface area contributed by atoms with Crippen LogP contribution in [0.25, 0.3) is 22.4 Å². The normalized spacial score (nSPS) is 11.2. The molecule has 14 heteroatoms. The summed E-state index contributed by atoms with van der Waals surface area (Å²) in [6.45, 7) is 1.24. The van der Waals surface area contributed by atoms with E-state index in [1.807, 2.05) is 0 Å². The molecule has 0 aliphatic heterocycles. The van der Waals surface area contributed by atoms with Gasteiger partial charge < -0.3 is 23.4 Å². The molecule has 0 radical (unpaired) electrons. The molecule has 10 nitrogen and oxygen atoms in total. The molecule has 1 N–H and O–H groups in total. The van der Waals surface area contributed by atoms with E-state index in [4.69, 9.17) is 0 Å². The van der Waals surface area contributed by atoms with E-state index in [0.717, 1.165) is 11.3 Å². The Bertz CT molecular complexity index is 1230. The van der Waals surface area contributed by atoms with Gasteiger partial charge in [-0.25, -0.2) is 9.97 Å². The molecule has 30 heavy (non-hydrogen) atoms. The molecule has 0 bridgehead atoms. The smallest absolute Gasteiger partial charge is 0.790 e. The van der Waals surface area contributed by atoms with Gasteiger partial charge >= 0.3 is 59.1 Å². The first-order valence-corrected chi connectivity index (χ1v) is 10.3. The van der Waals surface area contributed by atoms with Crippen LogP contribution in [-0.2, 0) is 15.8 Å². The summed E-state index contributed by atoms with van der Waals surface area (Å²) < 4.78 is 16.5. The van der Waals surface area contributed by atoms with Crippen molar-refractivity contribution in [1.29, 1.82) is 0 Å². The first-order valence-electron chi connectivity index (χ1n) is 7.96. The Balaban J connectivity index is 0.00000160.